The molecule has 2 unspecified atom stereocenters. The van der Waals surface area contributed by atoms with E-state index in [0.29, 0.717) is 5.75 Å². The molecule has 3 rings (SSSR count). The topological polar surface area (TPSA) is 21.3 Å². The number of methoxy groups -OCH3 is 1. The standard InChI is InChI=1S/C16H22FNO/c1-19-16-7-2-11(9-15(16)17)8-12-3-4-13(12)10-18-14-5-6-14/h2,7,9,12-14,18H,3-6,8,10H2,1H3. The van der Waals surface area contributed by atoms with Crippen LogP contribution in [0.1, 0.15) is 31.2 Å². The van der Waals surface area contributed by atoms with E-state index in [1.807, 2.05) is 6.07 Å². The van der Waals surface area contributed by atoms with Gasteiger partial charge in [-0.25, -0.2) is 4.39 Å². The van der Waals surface area contributed by atoms with Gasteiger partial charge in [-0.15, -0.1) is 0 Å². The third-order valence-electron chi connectivity index (χ3n) is 4.54. The Morgan fingerprint density at radius 2 is 2.00 bits per heavy atom. The van der Waals surface area contributed by atoms with Gasteiger partial charge in [-0.05, 0) is 68.2 Å². The number of ether oxygens (including phenoxy) is 1. The van der Waals surface area contributed by atoms with E-state index in [0.717, 1.165) is 36.4 Å². The second-order valence-corrected chi connectivity index (χ2v) is 5.95. The maximum absolute atomic E-state index is 13.6. The number of hydrogen-bond acceptors (Lipinski definition) is 2. The summed E-state index contributed by atoms with van der Waals surface area (Å²) in [7, 11) is 1.50. The van der Waals surface area contributed by atoms with Gasteiger partial charge in [-0.1, -0.05) is 6.07 Å². The van der Waals surface area contributed by atoms with E-state index < -0.39 is 0 Å². The maximum atomic E-state index is 13.6. The Labute approximate surface area is 114 Å². The fourth-order valence-electron chi connectivity index (χ4n) is 2.92. The van der Waals surface area contributed by atoms with Crippen LogP contribution in [0.2, 0.25) is 0 Å². The van der Waals surface area contributed by atoms with Gasteiger partial charge in [0.05, 0.1) is 7.11 Å². The largest absolute Gasteiger partial charge is 0.494 e. The lowest BCUT2D eigenvalue weighted by Gasteiger charge is -2.37. The van der Waals surface area contributed by atoms with Crippen molar-refractivity contribution >= 4 is 0 Å². The maximum Gasteiger partial charge on any atom is 0.165 e. The minimum atomic E-state index is -0.244. The molecule has 0 aliphatic heterocycles. The lowest BCUT2D eigenvalue weighted by molar-refractivity contribution is 0.170. The molecule has 0 aromatic heterocycles. The Kier molecular flexibility index (Phi) is 3.74. The normalized spacial score (nSPS) is 26.0. The number of benzene rings is 1. The molecule has 2 fully saturated rings. The van der Waals surface area contributed by atoms with Gasteiger partial charge in [-0.3, -0.25) is 0 Å². The average molecular weight is 263 g/mol. The van der Waals surface area contributed by atoms with Crippen molar-refractivity contribution < 1.29 is 9.13 Å². The molecule has 2 aliphatic rings. The summed E-state index contributed by atoms with van der Waals surface area (Å²) in [4.78, 5) is 0. The smallest absolute Gasteiger partial charge is 0.165 e. The molecular formula is C16H22FNO. The molecule has 0 bridgehead atoms. The monoisotopic (exact) mass is 263 g/mol. The van der Waals surface area contributed by atoms with Crippen LogP contribution in [0.5, 0.6) is 5.75 Å². The number of halogens is 1. The summed E-state index contributed by atoms with van der Waals surface area (Å²) >= 11 is 0. The van der Waals surface area contributed by atoms with E-state index >= 15 is 0 Å². The van der Waals surface area contributed by atoms with Crippen LogP contribution >= 0.6 is 0 Å². The predicted octanol–water partition coefficient (Wildman–Crippen LogP) is 3.16. The first-order chi connectivity index (χ1) is 9.26. The summed E-state index contributed by atoms with van der Waals surface area (Å²) in [6, 6.07) is 6.15. The zero-order valence-corrected chi connectivity index (χ0v) is 11.5. The molecular weight excluding hydrogens is 241 g/mol. The van der Waals surface area contributed by atoms with Gasteiger partial charge in [0.25, 0.3) is 0 Å². The minimum absolute atomic E-state index is 0.244. The first kappa shape index (κ1) is 12.9. The van der Waals surface area contributed by atoms with Crippen molar-refractivity contribution in [1.82, 2.24) is 5.32 Å². The van der Waals surface area contributed by atoms with E-state index in [4.69, 9.17) is 4.74 Å². The molecule has 2 atom stereocenters. The molecule has 3 heteroatoms. The van der Waals surface area contributed by atoms with E-state index in [-0.39, 0.29) is 5.82 Å². The second kappa shape index (κ2) is 5.49. The third kappa shape index (κ3) is 3.08. The second-order valence-electron chi connectivity index (χ2n) is 5.95. The van der Waals surface area contributed by atoms with E-state index in [1.165, 1.54) is 32.8 Å². The molecule has 2 saturated carbocycles. The molecule has 2 nitrogen and oxygen atoms in total. The predicted molar refractivity (Wildman–Crippen MR) is 73.9 cm³/mol. The molecule has 0 amide bonds. The summed E-state index contributed by atoms with van der Waals surface area (Å²) in [5.74, 6) is 1.60. The zero-order valence-electron chi connectivity index (χ0n) is 11.5. The summed E-state index contributed by atoms with van der Waals surface area (Å²) in [5, 5.41) is 3.61. The SMILES string of the molecule is COc1ccc(CC2CCC2CNC2CC2)cc1F. The summed E-state index contributed by atoms with van der Waals surface area (Å²) in [6.45, 7) is 1.15. The van der Waals surface area contributed by atoms with E-state index in [2.05, 4.69) is 5.32 Å². The van der Waals surface area contributed by atoms with Crippen LogP contribution in [0.3, 0.4) is 0 Å². The highest BCUT2D eigenvalue weighted by Crippen LogP contribution is 2.37. The Balaban J connectivity index is 1.53. The number of hydrogen-bond donors (Lipinski definition) is 1. The quantitative estimate of drug-likeness (QED) is 0.851. The number of rotatable bonds is 6. The first-order valence-electron chi connectivity index (χ1n) is 7.32. The Bertz CT molecular complexity index is 444. The van der Waals surface area contributed by atoms with Crippen molar-refractivity contribution in [2.24, 2.45) is 11.8 Å². The fourth-order valence-corrected chi connectivity index (χ4v) is 2.92. The number of nitrogens with one attached hydrogen (secondary N) is 1. The molecule has 1 aromatic carbocycles. The van der Waals surface area contributed by atoms with Crippen LogP contribution < -0.4 is 10.1 Å². The first-order valence-corrected chi connectivity index (χ1v) is 7.32. The molecule has 1 aromatic rings. The van der Waals surface area contributed by atoms with Gasteiger partial charge in [0, 0.05) is 6.04 Å². The van der Waals surface area contributed by atoms with Crippen LogP contribution in [-0.4, -0.2) is 19.7 Å². The molecule has 0 heterocycles. The summed E-state index contributed by atoms with van der Waals surface area (Å²) < 4.78 is 18.6. The molecule has 0 saturated heterocycles. The van der Waals surface area contributed by atoms with Gasteiger partial charge in [-0.2, -0.15) is 0 Å². The average Bonchev–Trinajstić information content (AvgIpc) is 3.19. The summed E-state index contributed by atoms with van der Waals surface area (Å²) in [6.07, 6.45) is 6.30. The van der Waals surface area contributed by atoms with Gasteiger partial charge in [0.1, 0.15) is 0 Å². The molecule has 2 aliphatic carbocycles. The molecule has 0 spiro atoms. The van der Waals surface area contributed by atoms with Crippen molar-refractivity contribution in [2.45, 2.75) is 38.1 Å². The van der Waals surface area contributed by atoms with E-state index in [1.54, 1.807) is 12.1 Å². The zero-order chi connectivity index (χ0) is 13.2. The van der Waals surface area contributed by atoms with Crippen molar-refractivity contribution in [2.75, 3.05) is 13.7 Å². The lowest BCUT2D eigenvalue weighted by Crippen LogP contribution is -2.37. The van der Waals surface area contributed by atoms with Crippen molar-refractivity contribution in [3.05, 3.63) is 29.6 Å². The highest BCUT2D eigenvalue weighted by molar-refractivity contribution is 5.29. The highest BCUT2D eigenvalue weighted by atomic mass is 19.1. The lowest BCUT2D eigenvalue weighted by atomic mass is 9.70. The van der Waals surface area contributed by atoms with Gasteiger partial charge in [0.2, 0.25) is 0 Å². The Hall–Kier alpha value is -1.09. The Morgan fingerprint density at radius 3 is 2.58 bits per heavy atom. The highest BCUT2D eigenvalue weighted by Gasteiger charge is 2.32. The third-order valence-corrected chi connectivity index (χ3v) is 4.54. The van der Waals surface area contributed by atoms with E-state index in [9.17, 15) is 4.39 Å². The fraction of sp³-hybridized carbons (Fsp3) is 0.625. The van der Waals surface area contributed by atoms with Gasteiger partial charge < -0.3 is 10.1 Å². The van der Waals surface area contributed by atoms with Gasteiger partial charge in [0.15, 0.2) is 11.6 Å². The molecule has 104 valence electrons. The molecule has 0 radical (unpaired) electrons. The molecule has 1 N–H and O–H groups in total. The van der Waals surface area contributed by atoms with Crippen molar-refractivity contribution in [3.8, 4) is 5.75 Å². The Morgan fingerprint density at radius 1 is 1.21 bits per heavy atom. The van der Waals surface area contributed by atoms with Crippen LogP contribution in [-0.2, 0) is 6.42 Å². The van der Waals surface area contributed by atoms with Crippen molar-refractivity contribution in [3.63, 3.8) is 0 Å². The summed E-state index contributed by atoms with van der Waals surface area (Å²) in [5.41, 5.74) is 1.10. The van der Waals surface area contributed by atoms with Crippen LogP contribution in [0, 0.1) is 17.7 Å². The van der Waals surface area contributed by atoms with Crippen LogP contribution in [0.4, 0.5) is 4.39 Å². The molecule has 19 heavy (non-hydrogen) atoms. The van der Waals surface area contributed by atoms with Crippen molar-refractivity contribution in [1.29, 1.82) is 0 Å². The van der Waals surface area contributed by atoms with Gasteiger partial charge >= 0.3 is 0 Å². The minimum Gasteiger partial charge on any atom is -0.494 e. The van der Waals surface area contributed by atoms with Crippen LogP contribution in [0.25, 0.3) is 0 Å². The van der Waals surface area contributed by atoms with Crippen LogP contribution in [0.15, 0.2) is 18.2 Å².